The molecule has 0 amide bonds. The number of carboxylic acid groups (broad SMARTS) is 3. The Hall–Kier alpha value is -2.37. The van der Waals surface area contributed by atoms with Crippen LogP contribution in [0.5, 0.6) is 0 Å². The Morgan fingerprint density at radius 1 is 0.583 bits per heavy atom. The smallest absolute Gasteiger partial charge is 0.330 e. The van der Waals surface area contributed by atoms with E-state index in [0.29, 0.717) is 0 Å². The van der Waals surface area contributed by atoms with Gasteiger partial charge in [-0.05, 0) is 20.8 Å². The van der Waals surface area contributed by atoms with Crippen LogP contribution in [0, 0.1) is 0 Å². The molecule has 24 heavy (non-hydrogen) atoms. The highest BCUT2D eigenvalue weighted by Crippen LogP contribution is 1.82. The second-order valence-corrected chi connectivity index (χ2v) is 4.67. The van der Waals surface area contributed by atoms with E-state index in [1.54, 1.807) is 0 Å². The van der Waals surface area contributed by atoms with Crippen molar-refractivity contribution >= 4 is 17.9 Å². The predicted octanol–water partition coefficient (Wildman–Crippen LogP) is 4.77. The Kier molecular flexibility index (Phi) is 35.5. The van der Waals surface area contributed by atoms with E-state index in [1.807, 2.05) is 0 Å². The highest BCUT2D eigenvalue weighted by molar-refractivity contribution is 5.85. The van der Waals surface area contributed by atoms with E-state index in [4.69, 9.17) is 15.3 Å². The zero-order valence-corrected chi connectivity index (χ0v) is 16.1. The van der Waals surface area contributed by atoms with Gasteiger partial charge in [-0.15, -0.1) is 0 Å². The summed E-state index contributed by atoms with van der Waals surface area (Å²) in [6.07, 6.45) is 2.50. The van der Waals surface area contributed by atoms with Crippen LogP contribution in [0.4, 0.5) is 0 Å². The van der Waals surface area contributed by atoms with E-state index in [-0.39, 0.29) is 16.7 Å². The summed E-state index contributed by atoms with van der Waals surface area (Å²) in [5.41, 5.74) is 0.528. The van der Waals surface area contributed by atoms with Crippen molar-refractivity contribution in [1.29, 1.82) is 0 Å². The lowest BCUT2D eigenvalue weighted by Gasteiger charge is -1.79. The number of hydrogen-bond donors (Lipinski definition) is 3. The van der Waals surface area contributed by atoms with Crippen LogP contribution in [0.15, 0.2) is 36.5 Å². The molecule has 0 radical (unpaired) electrons. The van der Waals surface area contributed by atoms with Gasteiger partial charge in [-0.25, -0.2) is 14.4 Å². The second-order valence-electron chi connectivity index (χ2n) is 4.67. The molecule has 0 rings (SSSR count). The van der Waals surface area contributed by atoms with Crippen molar-refractivity contribution in [1.82, 2.24) is 0 Å². The van der Waals surface area contributed by atoms with Crippen LogP contribution in [-0.4, -0.2) is 33.2 Å². The maximum atomic E-state index is 9.60. The van der Waals surface area contributed by atoms with Crippen molar-refractivity contribution < 1.29 is 29.7 Å². The van der Waals surface area contributed by atoms with Crippen molar-refractivity contribution in [2.24, 2.45) is 0 Å². The van der Waals surface area contributed by atoms with Gasteiger partial charge in [-0.1, -0.05) is 60.3 Å². The fraction of sp³-hybridized carbons (Fsp3) is 0.500. The Labute approximate surface area is 146 Å². The molecule has 6 nitrogen and oxygen atoms in total. The van der Waals surface area contributed by atoms with E-state index in [1.165, 1.54) is 33.6 Å². The number of rotatable bonds is 3. The molecule has 0 saturated carbocycles. The van der Waals surface area contributed by atoms with Crippen LogP contribution in [0.3, 0.4) is 0 Å². The van der Waals surface area contributed by atoms with Crippen LogP contribution >= 0.6 is 0 Å². The second kappa shape index (κ2) is 25.6. The van der Waals surface area contributed by atoms with Crippen molar-refractivity contribution in [3.8, 4) is 0 Å². The summed E-state index contributed by atoms with van der Waals surface area (Å²) in [6.45, 7) is 22.3. The highest BCUT2D eigenvalue weighted by Gasteiger charge is 1.91. The third-order valence-corrected chi connectivity index (χ3v) is 1.10. The molecular weight excluding hydrogens is 312 g/mol. The van der Waals surface area contributed by atoms with E-state index < -0.39 is 17.9 Å². The van der Waals surface area contributed by atoms with Gasteiger partial charge in [0, 0.05) is 16.7 Å². The number of hydrogen-bond acceptors (Lipinski definition) is 3. The van der Waals surface area contributed by atoms with Crippen molar-refractivity contribution in [2.75, 3.05) is 0 Å². The first-order valence-corrected chi connectivity index (χ1v) is 7.42. The number of carbonyl (C=O) groups is 3. The fourth-order valence-electron chi connectivity index (χ4n) is 0. The van der Waals surface area contributed by atoms with Crippen molar-refractivity contribution in [3.05, 3.63) is 36.5 Å². The topological polar surface area (TPSA) is 112 Å². The summed E-state index contributed by atoms with van der Waals surface area (Å²) in [7, 11) is 0. The average Bonchev–Trinajstić information content (AvgIpc) is 2.41. The van der Waals surface area contributed by atoms with Crippen LogP contribution in [0.25, 0.3) is 0 Å². The van der Waals surface area contributed by atoms with Crippen LogP contribution in [0.2, 0.25) is 0 Å². The monoisotopic (exact) mass is 346 g/mol. The number of aliphatic carboxylic acids is 3. The maximum absolute atomic E-state index is 9.60. The molecule has 0 heterocycles. The van der Waals surface area contributed by atoms with Gasteiger partial charge in [-0.2, -0.15) is 0 Å². The van der Waals surface area contributed by atoms with Crippen LogP contribution in [0.1, 0.15) is 61.3 Å². The molecule has 6 heteroatoms. The van der Waals surface area contributed by atoms with Gasteiger partial charge in [0.15, 0.2) is 0 Å². The normalized spacial score (nSPS) is 7.12. The standard InChI is InChI=1S/3C4H6O2.2C3H8/c3*1-3(2)4(5)6;2*1-3-2/h3*1H2,2H3,(H,5,6);2*3H2,1-2H3. The summed E-state index contributed by atoms with van der Waals surface area (Å²) in [6, 6.07) is 0. The molecule has 0 saturated heterocycles. The Balaban J connectivity index is -0.0000000648. The summed E-state index contributed by atoms with van der Waals surface area (Å²) >= 11 is 0. The summed E-state index contributed by atoms with van der Waals surface area (Å²) in [5.74, 6) is -2.81. The van der Waals surface area contributed by atoms with Gasteiger partial charge in [0.25, 0.3) is 0 Å². The summed E-state index contributed by atoms with van der Waals surface area (Å²) in [4.78, 5) is 28.8. The molecule has 0 bridgehead atoms. The Morgan fingerprint density at radius 3 is 0.625 bits per heavy atom. The maximum Gasteiger partial charge on any atom is 0.330 e. The summed E-state index contributed by atoms with van der Waals surface area (Å²) < 4.78 is 0. The molecule has 0 unspecified atom stereocenters. The largest absolute Gasteiger partial charge is 0.478 e. The quantitative estimate of drug-likeness (QED) is 0.634. The van der Waals surface area contributed by atoms with Gasteiger partial charge < -0.3 is 15.3 Å². The van der Waals surface area contributed by atoms with Crippen molar-refractivity contribution in [3.63, 3.8) is 0 Å². The van der Waals surface area contributed by atoms with Gasteiger partial charge in [0.1, 0.15) is 0 Å². The number of carboxylic acids is 3. The Bertz CT molecular complexity index is 299. The first-order chi connectivity index (χ1) is 10.8. The van der Waals surface area contributed by atoms with Crippen LogP contribution in [-0.2, 0) is 14.4 Å². The minimum atomic E-state index is -0.935. The Morgan fingerprint density at radius 2 is 0.625 bits per heavy atom. The average molecular weight is 346 g/mol. The fourth-order valence-corrected chi connectivity index (χ4v) is 0. The molecule has 0 aromatic carbocycles. The molecule has 3 N–H and O–H groups in total. The van der Waals surface area contributed by atoms with E-state index in [9.17, 15) is 14.4 Å². The summed E-state index contributed by atoms with van der Waals surface area (Å²) in [5, 5.41) is 23.7. The molecule has 0 atom stereocenters. The molecular formula is C18H34O6. The van der Waals surface area contributed by atoms with Gasteiger partial charge in [-0.3, -0.25) is 0 Å². The molecule has 0 aromatic rings. The lowest BCUT2D eigenvalue weighted by Crippen LogP contribution is -1.92. The molecule has 0 aromatic heterocycles. The molecule has 0 aliphatic heterocycles. The molecule has 0 aliphatic rings. The first kappa shape index (κ1) is 33.3. The molecule has 0 aliphatic carbocycles. The zero-order valence-electron chi connectivity index (χ0n) is 16.1. The van der Waals surface area contributed by atoms with E-state index in [2.05, 4.69) is 47.4 Å². The van der Waals surface area contributed by atoms with Crippen LogP contribution < -0.4 is 0 Å². The zero-order chi connectivity index (χ0) is 20.9. The van der Waals surface area contributed by atoms with E-state index in [0.717, 1.165) is 0 Å². The third kappa shape index (κ3) is 73.5. The minimum absolute atomic E-state index is 0.176. The van der Waals surface area contributed by atoms with Gasteiger partial charge in [0.05, 0.1) is 0 Å². The molecule has 0 spiro atoms. The molecule has 142 valence electrons. The lowest BCUT2D eigenvalue weighted by molar-refractivity contribution is -0.133. The minimum Gasteiger partial charge on any atom is -0.478 e. The highest BCUT2D eigenvalue weighted by atomic mass is 16.4. The SMILES string of the molecule is C=C(C)C(=O)O.C=C(C)C(=O)O.C=C(C)C(=O)O.CCC.CCC. The first-order valence-electron chi connectivity index (χ1n) is 7.42. The molecule has 0 fully saturated rings. The predicted molar refractivity (Wildman–Crippen MR) is 99.3 cm³/mol. The van der Waals surface area contributed by atoms with Crippen molar-refractivity contribution in [2.45, 2.75) is 61.3 Å². The van der Waals surface area contributed by atoms with E-state index >= 15 is 0 Å². The lowest BCUT2D eigenvalue weighted by atomic mass is 10.4. The third-order valence-electron chi connectivity index (χ3n) is 1.10. The van der Waals surface area contributed by atoms with Gasteiger partial charge >= 0.3 is 17.9 Å². The van der Waals surface area contributed by atoms with Gasteiger partial charge in [0.2, 0.25) is 0 Å².